The number of nitrogens with zero attached hydrogens (tertiary/aromatic N) is 1. The number of hydrogen-bond donors (Lipinski definition) is 1. The maximum atomic E-state index is 5.60. The van der Waals surface area contributed by atoms with E-state index >= 15 is 0 Å². The minimum Gasteiger partial charge on any atom is -0.326 e. The summed E-state index contributed by atoms with van der Waals surface area (Å²) in [6.45, 7) is 2.97. The van der Waals surface area contributed by atoms with Crippen molar-refractivity contribution in [1.29, 1.82) is 0 Å². The summed E-state index contributed by atoms with van der Waals surface area (Å²) in [5, 5.41) is 1.29. The molecule has 78 valence electrons. The molecule has 0 unspecified atom stereocenters. The van der Waals surface area contributed by atoms with Crippen molar-refractivity contribution in [2.75, 3.05) is 11.5 Å². The summed E-state index contributed by atoms with van der Waals surface area (Å²) in [4.78, 5) is 5.72. The van der Waals surface area contributed by atoms with E-state index in [9.17, 15) is 0 Å². The summed E-state index contributed by atoms with van der Waals surface area (Å²) >= 11 is 3.85. The minimum absolute atomic E-state index is 0.323. The fourth-order valence-corrected chi connectivity index (χ4v) is 4.10. The maximum absolute atomic E-state index is 5.60. The van der Waals surface area contributed by atoms with Gasteiger partial charge in [0.2, 0.25) is 0 Å². The Morgan fingerprint density at radius 3 is 2.79 bits per heavy atom. The zero-order valence-corrected chi connectivity index (χ0v) is 10.1. The molecule has 4 heteroatoms. The van der Waals surface area contributed by atoms with Gasteiger partial charge in [-0.15, -0.1) is 11.3 Å². The zero-order valence-electron chi connectivity index (χ0n) is 8.45. The number of thioether (sulfide) groups is 1. The van der Waals surface area contributed by atoms with Crippen LogP contribution < -0.4 is 5.73 Å². The van der Waals surface area contributed by atoms with Gasteiger partial charge in [-0.1, -0.05) is 6.92 Å². The molecule has 1 aliphatic heterocycles. The largest absolute Gasteiger partial charge is 0.326 e. The van der Waals surface area contributed by atoms with Crippen LogP contribution in [0.1, 0.15) is 29.7 Å². The van der Waals surface area contributed by atoms with E-state index in [1.165, 1.54) is 34.2 Å². The molecule has 0 radical (unpaired) electrons. The second-order valence-corrected chi connectivity index (χ2v) is 6.35. The van der Waals surface area contributed by atoms with Gasteiger partial charge in [0.05, 0.1) is 5.01 Å². The van der Waals surface area contributed by atoms with E-state index in [-0.39, 0.29) is 0 Å². The Balaban J connectivity index is 2.19. The summed E-state index contributed by atoms with van der Waals surface area (Å²) < 4.78 is 0. The summed E-state index contributed by atoms with van der Waals surface area (Å²) in [5.41, 5.74) is 5.92. The first-order chi connectivity index (χ1) is 6.74. The third-order valence-corrected chi connectivity index (χ3v) is 5.18. The van der Waals surface area contributed by atoms with Crippen molar-refractivity contribution >= 4 is 23.1 Å². The highest BCUT2D eigenvalue weighted by Gasteiger charge is 2.31. The molecule has 0 saturated carbocycles. The lowest BCUT2D eigenvalue weighted by Gasteiger charge is -2.31. The molecule has 0 bridgehead atoms. The lowest BCUT2D eigenvalue weighted by atomic mass is 9.85. The van der Waals surface area contributed by atoms with Gasteiger partial charge in [0.15, 0.2) is 0 Å². The first-order valence-electron chi connectivity index (χ1n) is 4.97. The van der Waals surface area contributed by atoms with Gasteiger partial charge >= 0.3 is 0 Å². The van der Waals surface area contributed by atoms with Crippen LogP contribution >= 0.6 is 23.1 Å². The highest BCUT2D eigenvalue weighted by molar-refractivity contribution is 7.99. The van der Waals surface area contributed by atoms with E-state index in [2.05, 4.69) is 23.7 Å². The highest BCUT2D eigenvalue weighted by atomic mass is 32.2. The molecule has 0 aromatic carbocycles. The van der Waals surface area contributed by atoms with E-state index in [0.717, 1.165) is 0 Å². The smallest absolute Gasteiger partial charge is 0.0987 e. The second-order valence-electron chi connectivity index (χ2n) is 4.01. The van der Waals surface area contributed by atoms with Gasteiger partial charge < -0.3 is 5.73 Å². The van der Waals surface area contributed by atoms with E-state index < -0.39 is 0 Å². The van der Waals surface area contributed by atoms with Crippen LogP contribution in [0.25, 0.3) is 0 Å². The van der Waals surface area contributed by atoms with Crippen LogP contribution in [-0.2, 0) is 12.0 Å². The first-order valence-corrected chi connectivity index (χ1v) is 6.95. The highest BCUT2D eigenvalue weighted by Crippen LogP contribution is 2.39. The number of rotatable bonds is 2. The molecule has 0 amide bonds. The molecule has 2 rings (SSSR count). The summed E-state index contributed by atoms with van der Waals surface area (Å²) in [6, 6.07) is 0. The lowest BCUT2D eigenvalue weighted by molar-refractivity contribution is 0.434. The minimum atomic E-state index is 0.323. The van der Waals surface area contributed by atoms with Crippen molar-refractivity contribution in [1.82, 2.24) is 4.98 Å². The fraction of sp³-hybridized carbons (Fsp3) is 0.700. The third kappa shape index (κ3) is 1.97. The second kappa shape index (κ2) is 4.21. The van der Waals surface area contributed by atoms with Crippen LogP contribution in [0, 0.1) is 0 Å². The van der Waals surface area contributed by atoms with Crippen LogP contribution in [0.15, 0.2) is 6.20 Å². The molecule has 1 saturated heterocycles. The van der Waals surface area contributed by atoms with E-state index in [4.69, 9.17) is 5.73 Å². The number of thiazole rings is 1. The topological polar surface area (TPSA) is 38.9 Å². The van der Waals surface area contributed by atoms with Crippen molar-refractivity contribution in [3.05, 3.63) is 16.1 Å². The van der Waals surface area contributed by atoms with Gasteiger partial charge in [-0.3, -0.25) is 0 Å². The molecule has 1 fully saturated rings. The molecule has 0 atom stereocenters. The van der Waals surface area contributed by atoms with E-state index in [0.29, 0.717) is 12.0 Å². The normalized spacial score (nSPS) is 21.0. The average molecular weight is 228 g/mol. The molecule has 1 aromatic heterocycles. The van der Waals surface area contributed by atoms with E-state index in [1.54, 1.807) is 11.3 Å². The van der Waals surface area contributed by atoms with Gasteiger partial charge in [-0.25, -0.2) is 4.98 Å². The average Bonchev–Trinajstić information content (AvgIpc) is 2.67. The molecule has 2 nitrogen and oxygen atoms in total. The fourth-order valence-electron chi connectivity index (χ4n) is 1.72. The molecule has 1 aliphatic rings. The van der Waals surface area contributed by atoms with Crippen molar-refractivity contribution in [2.45, 2.75) is 31.7 Å². The van der Waals surface area contributed by atoms with Gasteiger partial charge in [0, 0.05) is 23.0 Å². The van der Waals surface area contributed by atoms with Crippen molar-refractivity contribution < 1.29 is 0 Å². The van der Waals surface area contributed by atoms with Gasteiger partial charge in [-0.05, 0) is 24.3 Å². The Labute approximate surface area is 93.3 Å². The Kier molecular flexibility index (Phi) is 3.14. The van der Waals surface area contributed by atoms with E-state index in [1.807, 2.05) is 6.20 Å². The van der Waals surface area contributed by atoms with Gasteiger partial charge in [-0.2, -0.15) is 11.8 Å². The van der Waals surface area contributed by atoms with Crippen molar-refractivity contribution in [3.63, 3.8) is 0 Å². The molecular formula is C10H16N2S2. The Bertz CT molecular complexity index is 303. The summed E-state index contributed by atoms with van der Waals surface area (Å²) in [5.74, 6) is 2.54. The van der Waals surface area contributed by atoms with Crippen LogP contribution in [0.5, 0.6) is 0 Å². The Hall–Kier alpha value is -0.0600. The molecule has 0 aliphatic carbocycles. The standard InChI is InChI=1S/C10H16N2S2/c1-10(2-4-13-5-3-10)9-12-7-8(6-11)14-9/h7H,2-6,11H2,1H3. The zero-order chi connectivity index (χ0) is 10.0. The number of aromatic nitrogens is 1. The Morgan fingerprint density at radius 1 is 1.50 bits per heavy atom. The molecular weight excluding hydrogens is 212 g/mol. The first kappa shape index (κ1) is 10.5. The van der Waals surface area contributed by atoms with Gasteiger partial charge in [0.1, 0.15) is 0 Å². The predicted molar refractivity (Wildman–Crippen MR) is 63.9 cm³/mol. The molecule has 14 heavy (non-hydrogen) atoms. The number of nitrogens with two attached hydrogens (primary N) is 1. The molecule has 0 spiro atoms. The summed E-state index contributed by atoms with van der Waals surface area (Å²) in [7, 11) is 0. The molecule has 1 aromatic rings. The predicted octanol–water partition coefficient (Wildman–Crippen LogP) is 2.39. The summed E-state index contributed by atoms with van der Waals surface area (Å²) in [6.07, 6.45) is 4.46. The number of hydrogen-bond acceptors (Lipinski definition) is 4. The quantitative estimate of drug-likeness (QED) is 0.844. The molecule has 2 N–H and O–H groups in total. The van der Waals surface area contributed by atoms with Gasteiger partial charge in [0.25, 0.3) is 0 Å². The van der Waals surface area contributed by atoms with Crippen LogP contribution in [0.4, 0.5) is 0 Å². The van der Waals surface area contributed by atoms with Crippen LogP contribution in [0.3, 0.4) is 0 Å². The van der Waals surface area contributed by atoms with Crippen LogP contribution in [-0.4, -0.2) is 16.5 Å². The Morgan fingerprint density at radius 2 is 2.21 bits per heavy atom. The molecule has 2 heterocycles. The lowest BCUT2D eigenvalue weighted by Crippen LogP contribution is -2.26. The van der Waals surface area contributed by atoms with Crippen molar-refractivity contribution in [2.24, 2.45) is 5.73 Å². The van der Waals surface area contributed by atoms with Crippen molar-refractivity contribution in [3.8, 4) is 0 Å². The maximum Gasteiger partial charge on any atom is 0.0987 e. The SMILES string of the molecule is CC1(c2ncc(CN)s2)CCSCC1. The monoisotopic (exact) mass is 228 g/mol. The van der Waals surface area contributed by atoms with Crippen LogP contribution in [0.2, 0.25) is 0 Å². The third-order valence-electron chi connectivity index (χ3n) is 2.87.